The summed E-state index contributed by atoms with van der Waals surface area (Å²) >= 11 is 4.76. The second kappa shape index (κ2) is 5.66. The first kappa shape index (κ1) is 14.0. The van der Waals surface area contributed by atoms with E-state index in [1.807, 2.05) is 12.1 Å². The van der Waals surface area contributed by atoms with Gasteiger partial charge in [0.15, 0.2) is 0 Å². The summed E-state index contributed by atoms with van der Waals surface area (Å²) in [4.78, 5) is 12.7. The number of thiophene rings is 1. The van der Waals surface area contributed by atoms with E-state index in [1.165, 1.54) is 11.3 Å². The number of rotatable bonds is 3. The lowest BCUT2D eigenvalue weighted by Crippen LogP contribution is -2.23. The Balaban J connectivity index is 2.10. The second-order valence-electron chi connectivity index (χ2n) is 3.74. The minimum absolute atomic E-state index is 0.259. The van der Waals surface area contributed by atoms with Gasteiger partial charge >= 0.3 is 0 Å². The summed E-state index contributed by atoms with van der Waals surface area (Å²) in [5.74, 6) is -2.44. The van der Waals surface area contributed by atoms with Crippen LogP contribution < -0.4 is 11.1 Å². The number of hydrogen-bond donors (Lipinski definition) is 2. The summed E-state index contributed by atoms with van der Waals surface area (Å²) in [7, 11) is 0. The second-order valence-corrected chi connectivity index (χ2v) is 6.29. The van der Waals surface area contributed by atoms with Gasteiger partial charge in [0, 0.05) is 10.9 Å². The molecular weight excluding hydrogens is 338 g/mol. The van der Waals surface area contributed by atoms with Crippen molar-refractivity contribution in [2.24, 2.45) is 0 Å². The van der Waals surface area contributed by atoms with Gasteiger partial charge in [-0.1, -0.05) is 0 Å². The summed E-state index contributed by atoms with van der Waals surface area (Å²) < 4.78 is 27.4. The minimum atomic E-state index is -0.934. The van der Waals surface area contributed by atoms with E-state index >= 15 is 0 Å². The van der Waals surface area contributed by atoms with E-state index in [2.05, 4.69) is 21.2 Å². The van der Waals surface area contributed by atoms with E-state index in [-0.39, 0.29) is 17.8 Å². The molecule has 1 aromatic heterocycles. The summed E-state index contributed by atoms with van der Waals surface area (Å²) in [5, 5.41) is 2.55. The van der Waals surface area contributed by atoms with E-state index in [0.29, 0.717) is 6.07 Å². The van der Waals surface area contributed by atoms with E-state index in [9.17, 15) is 13.6 Å². The van der Waals surface area contributed by atoms with Crippen molar-refractivity contribution >= 4 is 38.9 Å². The van der Waals surface area contributed by atoms with Crippen LogP contribution in [0.2, 0.25) is 0 Å². The van der Waals surface area contributed by atoms with Crippen molar-refractivity contribution in [3.8, 4) is 0 Å². The van der Waals surface area contributed by atoms with Crippen LogP contribution in [0.1, 0.15) is 15.2 Å². The zero-order chi connectivity index (χ0) is 14.0. The zero-order valence-corrected chi connectivity index (χ0v) is 11.9. The fourth-order valence-corrected chi connectivity index (χ4v) is 2.87. The van der Waals surface area contributed by atoms with Crippen molar-refractivity contribution in [2.45, 2.75) is 6.54 Å². The molecule has 0 aliphatic rings. The third-order valence-electron chi connectivity index (χ3n) is 2.38. The number of hydrogen-bond acceptors (Lipinski definition) is 3. The summed E-state index contributed by atoms with van der Waals surface area (Å²) in [6, 6.07) is 5.28. The maximum absolute atomic E-state index is 13.4. The molecule has 0 unspecified atom stereocenters. The molecule has 3 nitrogen and oxygen atoms in total. The number of nitrogens with one attached hydrogen (secondary N) is 1. The quantitative estimate of drug-likeness (QED) is 0.837. The van der Waals surface area contributed by atoms with Crippen molar-refractivity contribution < 1.29 is 13.6 Å². The van der Waals surface area contributed by atoms with E-state index in [1.54, 1.807) is 0 Å². The lowest BCUT2D eigenvalue weighted by Gasteiger charge is -2.06. The standard InChI is InChI=1S/C12H9BrF2N2OS/c13-11-2-1-6(19-11)5-17-12(18)7-3-10(16)9(15)4-8(7)14/h1-4H,5,16H2,(H,17,18). The summed E-state index contributed by atoms with van der Waals surface area (Å²) in [6.45, 7) is 0.270. The zero-order valence-electron chi connectivity index (χ0n) is 9.54. The Hall–Kier alpha value is -1.47. The molecule has 0 aliphatic carbocycles. The molecule has 0 bridgehead atoms. The first-order valence-corrected chi connectivity index (χ1v) is 6.85. The van der Waals surface area contributed by atoms with Crippen LogP contribution in [0.15, 0.2) is 28.1 Å². The predicted molar refractivity (Wildman–Crippen MR) is 74.0 cm³/mol. The van der Waals surface area contributed by atoms with Crippen LogP contribution >= 0.6 is 27.3 Å². The SMILES string of the molecule is Nc1cc(C(=O)NCc2ccc(Br)s2)c(F)cc1F. The van der Waals surface area contributed by atoms with E-state index < -0.39 is 17.5 Å². The molecule has 7 heteroatoms. The summed E-state index contributed by atoms with van der Waals surface area (Å²) in [6.07, 6.45) is 0. The molecule has 0 saturated heterocycles. The van der Waals surface area contributed by atoms with Crippen LogP contribution in [0.25, 0.3) is 0 Å². The van der Waals surface area contributed by atoms with Gasteiger partial charge in [-0.2, -0.15) is 0 Å². The first-order valence-electron chi connectivity index (χ1n) is 5.24. The molecule has 3 N–H and O–H groups in total. The van der Waals surface area contributed by atoms with E-state index in [0.717, 1.165) is 14.7 Å². The van der Waals surface area contributed by atoms with Crippen molar-refractivity contribution in [2.75, 3.05) is 5.73 Å². The molecule has 2 aromatic rings. The maximum Gasteiger partial charge on any atom is 0.254 e. The van der Waals surface area contributed by atoms with Gasteiger partial charge in [-0.25, -0.2) is 8.78 Å². The highest BCUT2D eigenvalue weighted by Crippen LogP contribution is 2.22. The fraction of sp³-hybridized carbons (Fsp3) is 0.0833. The minimum Gasteiger partial charge on any atom is -0.396 e. The molecular formula is C12H9BrF2N2OS. The molecule has 1 amide bonds. The maximum atomic E-state index is 13.4. The number of nitrogens with two attached hydrogens (primary N) is 1. The van der Waals surface area contributed by atoms with Gasteiger partial charge in [0.1, 0.15) is 11.6 Å². The number of amides is 1. The van der Waals surface area contributed by atoms with Crippen LogP contribution in [0.5, 0.6) is 0 Å². The van der Waals surface area contributed by atoms with Crippen LogP contribution in [0, 0.1) is 11.6 Å². The number of benzene rings is 1. The number of carbonyl (C=O) groups excluding carboxylic acids is 1. The molecule has 2 rings (SSSR count). The topological polar surface area (TPSA) is 55.1 Å². The number of halogens is 3. The van der Waals surface area contributed by atoms with Crippen molar-refractivity contribution in [3.63, 3.8) is 0 Å². The lowest BCUT2D eigenvalue weighted by molar-refractivity contribution is 0.0947. The van der Waals surface area contributed by atoms with Crippen LogP contribution in [-0.2, 0) is 6.54 Å². The lowest BCUT2D eigenvalue weighted by atomic mass is 10.1. The predicted octanol–water partition coefficient (Wildman–Crippen LogP) is 3.30. The Labute approximate surface area is 120 Å². The average Bonchev–Trinajstić information content (AvgIpc) is 2.77. The van der Waals surface area contributed by atoms with Crippen LogP contribution in [-0.4, -0.2) is 5.91 Å². The van der Waals surface area contributed by atoms with E-state index in [4.69, 9.17) is 5.73 Å². The number of carbonyl (C=O) groups is 1. The molecule has 1 heterocycles. The Morgan fingerprint density at radius 1 is 1.32 bits per heavy atom. The van der Waals surface area contributed by atoms with Gasteiger partial charge in [-0.05, 0) is 34.1 Å². The van der Waals surface area contributed by atoms with Crippen molar-refractivity contribution in [1.29, 1.82) is 0 Å². The number of nitrogen functional groups attached to an aromatic ring is 1. The first-order chi connectivity index (χ1) is 8.97. The largest absolute Gasteiger partial charge is 0.396 e. The molecule has 0 aliphatic heterocycles. The van der Waals surface area contributed by atoms with Crippen molar-refractivity contribution in [1.82, 2.24) is 5.32 Å². The third-order valence-corrected chi connectivity index (χ3v) is 4.01. The normalized spacial score (nSPS) is 10.5. The molecule has 100 valence electrons. The van der Waals surface area contributed by atoms with Gasteiger partial charge in [-0.15, -0.1) is 11.3 Å². The monoisotopic (exact) mass is 346 g/mol. The highest BCUT2D eigenvalue weighted by atomic mass is 79.9. The molecule has 0 spiro atoms. The molecule has 1 aromatic carbocycles. The molecule has 0 radical (unpaired) electrons. The highest BCUT2D eigenvalue weighted by Gasteiger charge is 2.14. The van der Waals surface area contributed by atoms with Gasteiger partial charge < -0.3 is 11.1 Å². The number of anilines is 1. The third kappa shape index (κ3) is 3.30. The fourth-order valence-electron chi connectivity index (χ4n) is 1.45. The Morgan fingerprint density at radius 3 is 2.68 bits per heavy atom. The van der Waals surface area contributed by atoms with Gasteiger partial charge in [-0.3, -0.25) is 4.79 Å². The van der Waals surface area contributed by atoms with Crippen LogP contribution in [0.3, 0.4) is 0 Å². The molecule has 19 heavy (non-hydrogen) atoms. The average molecular weight is 347 g/mol. The van der Waals surface area contributed by atoms with Gasteiger partial charge in [0.25, 0.3) is 5.91 Å². The Kier molecular flexibility index (Phi) is 4.16. The van der Waals surface area contributed by atoms with Crippen LogP contribution in [0.4, 0.5) is 14.5 Å². The van der Waals surface area contributed by atoms with Gasteiger partial charge in [0.05, 0.1) is 21.6 Å². The smallest absolute Gasteiger partial charge is 0.254 e. The molecule has 0 saturated carbocycles. The Morgan fingerprint density at radius 2 is 2.05 bits per heavy atom. The molecule has 0 fully saturated rings. The van der Waals surface area contributed by atoms with Crippen molar-refractivity contribution in [3.05, 3.63) is 50.1 Å². The molecule has 0 atom stereocenters. The summed E-state index contributed by atoms with van der Waals surface area (Å²) in [5.41, 5.74) is 4.78. The van der Waals surface area contributed by atoms with Gasteiger partial charge in [0.2, 0.25) is 0 Å². The Bertz CT molecular complexity index is 630. The highest BCUT2D eigenvalue weighted by molar-refractivity contribution is 9.11.